The van der Waals surface area contributed by atoms with Gasteiger partial charge in [-0.15, -0.1) is 0 Å². The summed E-state index contributed by atoms with van der Waals surface area (Å²) in [5, 5.41) is 0.553. The Kier molecular flexibility index (Phi) is 8.71. The average Bonchev–Trinajstić information content (AvgIpc) is 2.70. The van der Waals surface area contributed by atoms with Gasteiger partial charge in [0.2, 0.25) is 0 Å². The topological polar surface area (TPSA) is 62.4 Å². The predicted molar refractivity (Wildman–Crippen MR) is 115 cm³/mol. The molecule has 5 heteroatoms. The molecule has 0 bridgehead atoms. The molecule has 1 heterocycles. The van der Waals surface area contributed by atoms with Gasteiger partial charge in [-0.25, -0.2) is 4.79 Å². The number of hydrogen-bond acceptors (Lipinski definition) is 4. The number of aryl methyl sites for hydroxylation is 1. The van der Waals surface area contributed by atoms with E-state index in [4.69, 9.17) is 4.74 Å². The highest BCUT2D eigenvalue weighted by atomic mass is 16.5. The first-order valence-electron chi connectivity index (χ1n) is 10.6. The van der Waals surface area contributed by atoms with Crippen LogP contribution in [0.5, 0.6) is 0 Å². The van der Waals surface area contributed by atoms with Crippen LogP contribution < -0.4 is 5.43 Å². The van der Waals surface area contributed by atoms with Crippen molar-refractivity contribution in [3.63, 3.8) is 0 Å². The third-order valence-electron chi connectivity index (χ3n) is 5.02. The number of aromatic nitrogens is 1. The number of H-pyrrole nitrogens is 1. The van der Waals surface area contributed by atoms with Crippen molar-refractivity contribution < 1.29 is 9.53 Å². The highest BCUT2D eigenvalue weighted by molar-refractivity contribution is 5.94. The molecule has 2 rings (SSSR count). The first-order chi connectivity index (χ1) is 13.5. The Morgan fingerprint density at radius 1 is 1.07 bits per heavy atom. The third kappa shape index (κ3) is 5.68. The van der Waals surface area contributed by atoms with Crippen LogP contribution >= 0.6 is 0 Å². The first kappa shape index (κ1) is 22.2. The van der Waals surface area contributed by atoms with E-state index in [2.05, 4.69) is 23.7 Å². The minimum Gasteiger partial charge on any atom is -0.462 e. The minimum absolute atomic E-state index is 0.00869. The SMILES string of the molecule is CCCCN(CCCC)Cc1c(C)[nH]c2ccc(C(=O)OCCC)cc2c1=O. The van der Waals surface area contributed by atoms with E-state index in [1.54, 1.807) is 18.2 Å². The molecule has 0 aliphatic rings. The molecule has 0 unspecified atom stereocenters. The summed E-state index contributed by atoms with van der Waals surface area (Å²) in [4.78, 5) is 31.1. The van der Waals surface area contributed by atoms with E-state index in [0.717, 1.165) is 62.0 Å². The van der Waals surface area contributed by atoms with Gasteiger partial charge in [-0.05, 0) is 57.5 Å². The zero-order valence-corrected chi connectivity index (χ0v) is 17.8. The highest BCUT2D eigenvalue weighted by Gasteiger charge is 2.15. The minimum atomic E-state index is -0.377. The van der Waals surface area contributed by atoms with Crippen LogP contribution in [0.3, 0.4) is 0 Å². The van der Waals surface area contributed by atoms with E-state index in [0.29, 0.717) is 24.1 Å². The number of hydrogen-bond donors (Lipinski definition) is 1. The number of ether oxygens (including phenoxy) is 1. The summed E-state index contributed by atoms with van der Waals surface area (Å²) in [5.41, 5.74) is 2.88. The van der Waals surface area contributed by atoms with Crippen molar-refractivity contribution in [1.82, 2.24) is 9.88 Å². The quantitative estimate of drug-likeness (QED) is 0.563. The molecule has 0 aliphatic carbocycles. The number of fused-ring (bicyclic) bond motifs is 1. The van der Waals surface area contributed by atoms with Gasteiger partial charge in [-0.3, -0.25) is 9.69 Å². The maximum absolute atomic E-state index is 13.2. The summed E-state index contributed by atoms with van der Waals surface area (Å²) >= 11 is 0. The lowest BCUT2D eigenvalue weighted by Gasteiger charge is -2.22. The normalized spacial score (nSPS) is 11.3. The summed E-state index contributed by atoms with van der Waals surface area (Å²) < 4.78 is 5.21. The molecule has 0 spiro atoms. The van der Waals surface area contributed by atoms with Gasteiger partial charge in [-0.1, -0.05) is 33.6 Å². The number of unbranched alkanes of at least 4 members (excludes halogenated alkanes) is 2. The van der Waals surface area contributed by atoms with Gasteiger partial charge in [-0.2, -0.15) is 0 Å². The summed E-state index contributed by atoms with van der Waals surface area (Å²) in [5.74, 6) is -0.377. The highest BCUT2D eigenvalue weighted by Crippen LogP contribution is 2.16. The molecule has 28 heavy (non-hydrogen) atoms. The molecule has 0 atom stereocenters. The van der Waals surface area contributed by atoms with Crippen LogP contribution in [-0.4, -0.2) is 35.5 Å². The van der Waals surface area contributed by atoms with Gasteiger partial charge in [0.05, 0.1) is 12.2 Å². The second-order valence-corrected chi connectivity index (χ2v) is 7.44. The smallest absolute Gasteiger partial charge is 0.338 e. The number of carbonyl (C=O) groups excluding carboxylic acids is 1. The molecule has 1 aromatic carbocycles. The molecule has 0 aliphatic heterocycles. The Labute approximate surface area is 168 Å². The van der Waals surface area contributed by atoms with Crippen molar-refractivity contribution in [1.29, 1.82) is 0 Å². The Balaban J connectivity index is 2.36. The fourth-order valence-electron chi connectivity index (χ4n) is 3.30. The van der Waals surface area contributed by atoms with Crippen LogP contribution in [0.2, 0.25) is 0 Å². The Bertz CT molecular complexity index is 834. The van der Waals surface area contributed by atoms with Crippen molar-refractivity contribution in [3.05, 3.63) is 45.2 Å². The first-order valence-corrected chi connectivity index (χ1v) is 10.6. The van der Waals surface area contributed by atoms with Crippen molar-refractivity contribution >= 4 is 16.9 Å². The largest absolute Gasteiger partial charge is 0.462 e. The zero-order valence-electron chi connectivity index (χ0n) is 17.8. The molecule has 1 N–H and O–H groups in total. The fraction of sp³-hybridized carbons (Fsp3) is 0.565. The van der Waals surface area contributed by atoms with Crippen LogP contribution in [0.15, 0.2) is 23.0 Å². The van der Waals surface area contributed by atoms with E-state index in [1.807, 2.05) is 13.8 Å². The Hall–Kier alpha value is -2.14. The van der Waals surface area contributed by atoms with Gasteiger partial charge in [0, 0.05) is 28.7 Å². The van der Waals surface area contributed by atoms with Crippen LogP contribution in [0, 0.1) is 6.92 Å². The average molecular weight is 387 g/mol. The summed E-state index contributed by atoms with van der Waals surface area (Å²) in [7, 11) is 0. The van der Waals surface area contributed by atoms with Gasteiger partial charge in [0.1, 0.15) is 0 Å². The number of aromatic amines is 1. The molecule has 0 amide bonds. The molecule has 154 valence electrons. The summed E-state index contributed by atoms with van der Waals surface area (Å²) in [6.45, 7) is 11.3. The van der Waals surface area contributed by atoms with Crippen molar-refractivity contribution in [3.8, 4) is 0 Å². The van der Waals surface area contributed by atoms with E-state index in [1.165, 1.54) is 0 Å². The standard InChI is InChI=1S/C23H34N2O3/c1-5-8-12-25(13-9-6-2)16-20-17(4)24-21-11-10-18(15-19(21)22(20)26)23(27)28-14-7-3/h10-11,15H,5-9,12-14,16H2,1-4H3,(H,24,26). The molecular weight excluding hydrogens is 352 g/mol. The Morgan fingerprint density at radius 3 is 2.36 bits per heavy atom. The summed E-state index contributed by atoms with van der Waals surface area (Å²) in [6, 6.07) is 5.17. The van der Waals surface area contributed by atoms with Crippen LogP contribution in [0.1, 0.15) is 74.5 Å². The van der Waals surface area contributed by atoms with E-state index in [-0.39, 0.29) is 11.4 Å². The number of nitrogens with one attached hydrogen (secondary N) is 1. The molecule has 5 nitrogen and oxygen atoms in total. The predicted octanol–water partition coefficient (Wildman–Crippen LogP) is 4.81. The maximum atomic E-state index is 13.2. The lowest BCUT2D eigenvalue weighted by Crippen LogP contribution is -2.29. The second kappa shape index (κ2) is 11.0. The molecule has 0 radical (unpaired) electrons. The molecule has 1 aromatic heterocycles. The zero-order chi connectivity index (χ0) is 20.5. The van der Waals surface area contributed by atoms with Gasteiger partial charge in [0.25, 0.3) is 0 Å². The molecular formula is C23H34N2O3. The van der Waals surface area contributed by atoms with Crippen molar-refractivity contribution in [2.45, 2.75) is 66.3 Å². The lowest BCUT2D eigenvalue weighted by molar-refractivity contribution is 0.0505. The molecule has 0 saturated heterocycles. The van der Waals surface area contributed by atoms with Gasteiger partial charge < -0.3 is 9.72 Å². The number of esters is 1. The maximum Gasteiger partial charge on any atom is 0.338 e. The van der Waals surface area contributed by atoms with Crippen molar-refractivity contribution in [2.75, 3.05) is 19.7 Å². The van der Waals surface area contributed by atoms with E-state index < -0.39 is 0 Å². The van der Waals surface area contributed by atoms with Gasteiger partial charge in [0.15, 0.2) is 5.43 Å². The molecule has 0 saturated carbocycles. The van der Waals surface area contributed by atoms with Crippen molar-refractivity contribution in [2.24, 2.45) is 0 Å². The second-order valence-electron chi connectivity index (χ2n) is 7.44. The lowest BCUT2D eigenvalue weighted by atomic mass is 10.1. The monoisotopic (exact) mass is 386 g/mol. The van der Waals surface area contributed by atoms with E-state index in [9.17, 15) is 9.59 Å². The number of nitrogens with zero attached hydrogens (tertiary/aromatic N) is 1. The third-order valence-corrected chi connectivity index (χ3v) is 5.02. The van der Waals surface area contributed by atoms with Gasteiger partial charge >= 0.3 is 5.97 Å². The van der Waals surface area contributed by atoms with E-state index >= 15 is 0 Å². The van der Waals surface area contributed by atoms with Crippen LogP contribution in [-0.2, 0) is 11.3 Å². The number of rotatable bonds is 11. The summed E-state index contributed by atoms with van der Waals surface area (Å²) in [6.07, 6.45) is 5.30. The number of pyridine rings is 1. The number of carbonyl (C=O) groups is 1. The number of benzene rings is 1. The Morgan fingerprint density at radius 2 is 1.75 bits per heavy atom. The van der Waals surface area contributed by atoms with Crippen LogP contribution in [0.4, 0.5) is 0 Å². The molecule has 0 fully saturated rings. The fourth-order valence-corrected chi connectivity index (χ4v) is 3.30. The molecule has 2 aromatic rings. The van der Waals surface area contributed by atoms with Crippen LogP contribution in [0.25, 0.3) is 10.9 Å².